The number of benzene rings is 1. The molecule has 68 valence electrons. The maximum Gasteiger partial charge on any atom is 0.214 e. The highest BCUT2D eigenvalue weighted by Crippen LogP contribution is 1.79. The number of hydrogen-bond donors (Lipinski definition) is 1. The van der Waals surface area contributed by atoms with Crippen molar-refractivity contribution in [2.24, 2.45) is 5.73 Å². The van der Waals surface area contributed by atoms with Gasteiger partial charge >= 0.3 is 0 Å². The quantitative estimate of drug-likeness (QED) is 0.632. The van der Waals surface area contributed by atoms with E-state index in [1.807, 2.05) is 50.2 Å². The first-order valence-corrected chi connectivity index (χ1v) is 3.99. The summed E-state index contributed by atoms with van der Waals surface area (Å²) in [5.41, 5.74) is 4.47. The Morgan fingerprint density at radius 3 is 1.08 bits per heavy atom. The van der Waals surface area contributed by atoms with Crippen LogP contribution < -0.4 is 5.73 Å². The lowest BCUT2D eigenvalue weighted by atomic mass is 10.4. The van der Waals surface area contributed by atoms with Gasteiger partial charge in [0.2, 0.25) is 5.91 Å². The molecule has 12 heavy (non-hydrogen) atoms. The molecule has 0 saturated heterocycles. The number of carbonyl (C=O) groups excluding carboxylic acids is 1. The highest BCUT2D eigenvalue weighted by atomic mass is 16.1. The molecule has 0 spiro atoms. The van der Waals surface area contributed by atoms with Gasteiger partial charge in [0.25, 0.3) is 0 Å². The van der Waals surface area contributed by atoms with E-state index in [2.05, 4.69) is 5.73 Å². The largest absolute Gasteiger partial charge is 0.370 e. The van der Waals surface area contributed by atoms with E-state index in [1.54, 1.807) is 0 Å². The number of amides is 1. The van der Waals surface area contributed by atoms with E-state index in [0.717, 1.165) is 0 Å². The van der Waals surface area contributed by atoms with Crippen molar-refractivity contribution in [3.05, 3.63) is 36.4 Å². The van der Waals surface area contributed by atoms with Crippen molar-refractivity contribution in [2.75, 3.05) is 0 Å². The lowest BCUT2D eigenvalue weighted by Crippen LogP contribution is -2.01. The summed E-state index contributed by atoms with van der Waals surface area (Å²) in [7, 11) is 0. The molecular weight excluding hydrogens is 150 g/mol. The Labute approximate surface area is 74.4 Å². The molecule has 0 aromatic heterocycles. The van der Waals surface area contributed by atoms with E-state index in [-0.39, 0.29) is 5.91 Å². The predicted octanol–water partition coefficient (Wildman–Crippen LogP) is 2.20. The van der Waals surface area contributed by atoms with Gasteiger partial charge in [0.1, 0.15) is 0 Å². The van der Waals surface area contributed by atoms with Gasteiger partial charge in [0, 0.05) is 6.92 Å². The van der Waals surface area contributed by atoms with Gasteiger partial charge in [-0.15, -0.1) is 0 Å². The summed E-state index contributed by atoms with van der Waals surface area (Å²) < 4.78 is 0. The highest BCUT2D eigenvalue weighted by molar-refractivity contribution is 5.70. The van der Waals surface area contributed by atoms with Crippen LogP contribution in [0, 0.1) is 0 Å². The molecule has 2 nitrogen and oxygen atoms in total. The monoisotopic (exact) mass is 167 g/mol. The molecule has 1 amide bonds. The van der Waals surface area contributed by atoms with Crippen LogP contribution in [0.3, 0.4) is 0 Å². The first kappa shape index (κ1) is 13.3. The Hall–Kier alpha value is -1.31. The smallest absolute Gasteiger partial charge is 0.214 e. The highest BCUT2D eigenvalue weighted by Gasteiger charge is 1.61. The van der Waals surface area contributed by atoms with E-state index in [0.29, 0.717) is 0 Å². The van der Waals surface area contributed by atoms with Gasteiger partial charge in [-0.2, -0.15) is 0 Å². The second kappa shape index (κ2) is 12.4. The first-order valence-electron chi connectivity index (χ1n) is 3.99. The number of primary amides is 1. The Bertz CT molecular complexity index is 142. The summed E-state index contributed by atoms with van der Waals surface area (Å²) in [6, 6.07) is 12.0. The number of nitrogens with two attached hydrogens (primary N) is 1. The van der Waals surface area contributed by atoms with Gasteiger partial charge in [0.05, 0.1) is 0 Å². The van der Waals surface area contributed by atoms with E-state index in [1.165, 1.54) is 6.92 Å². The fourth-order valence-electron chi connectivity index (χ4n) is 0.385. The van der Waals surface area contributed by atoms with Gasteiger partial charge in [0.15, 0.2) is 0 Å². The Balaban J connectivity index is 0. The zero-order valence-corrected chi connectivity index (χ0v) is 7.95. The van der Waals surface area contributed by atoms with Crippen LogP contribution in [-0.4, -0.2) is 5.91 Å². The summed E-state index contributed by atoms with van der Waals surface area (Å²) in [6.45, 7) is 5.31. The predicted molar refractivity (Wildman–Crippen MR) is 52.7 cm³/mol. The van der Waals surface area contributed by atoms with Gasteiger partial charge in [-0.1, -0.05) is 50.2 Å². The molecule has 0 unspecified atom stereocenters. The summed E-state index contributed by atoms with van der Waals surface area (Å²) in [5.74, 6) is -0.333. The van der Waals surface area contributed by atoms with Crippen LogP contribution in [-0.2, 0) is 4.79 Å². The maximum atomic E-state index is 9.22. The Morgan fingerprint density at radius 2 is 1.00 bits per heavy atom. The Morgan fingerprint density at radius 1 is 0.917 bits per heavy atom. The van der Waals surface area contributed by atoms with Gasteiger partial charge in [-0.3, -0.25) is 4.79 Å². The summed E-state index contributed by atoms with van der Waals surface area (Å²) in [4.78, 5) is 9.22. The SMILES string of the molecule is CC.CC(N)=O.c1ccccc1. The fraction of sp³-hybridized carbons (Fsp3) is 0.300. The summed E-state index contributed by atoms with van der Waals surface area (Å²) in [5, 5.41) is 0. The van der Waals surface area contributed by atoms with Gasteiger partial charge < -0.3 is 5.73 Å². The molecule has 0 radical (unpaired) electrons. The Kier molecular flexibility index (Phi) is 13.7. The zero-order valence-electron chi connectivity index (χ0n) is 7.95. The first-order chi connectivity index (χ1) is 5.73. The van der Waals surface area contributed by atoms with Crippen LogP contribution in [0.5, 0.6) is 0 Å². The average molecular weight is 167 g/mol. The van der Waals surface area contributed by atoms with Crippen molar-refractivity contribution in [1.29, 1.82) is 0 Å². The number of rotatable bonds is 0. The lowest BCUT2D eigenvalue weighted by Gasteiger charge is -1.69. The van der Waals surface area contributed by atoms with E-state index < -0.39 is 0 Å². The molecule has 0 aliphatic rings. The molecular formula is C10H17NO. The van der Waals surface area contributed by atoms with Crippen LogP contribution in [0.2, 0.25) is 0 Å². The molecule has 1 aromatic rings. The van der Waals surface area contributed by atoms with Crippen molar-refractivity contribution < 1.29 is 4.79 Å². The van der Waals surface area contributed by atoms with Gasteiger partial charge in [-0.25, -0.2) is 0 Å². The lowest BCUT2D eigenvalue weighted by molar-refractivity contribution is -0.115. The summed E-state index contributed by atoms with van der Waals surface area (Å²) >= 11 is 0. The van der Waals surface area contributed by atoms with Crippen LogP contribution >= 0.6 is 0 Å². The minimum atomic E-state index is -0.333. The van der Waals surface area contributed by atoms with E-state index in [4.69, 9.17) is 0 Å². The summed E-state index contributed by atoms with van der Waals surface area (Å²) in [6.07, 6.45) is 0. The molecule has 0 bridgehead atoms. The third-order valence-electron chi connectivity index (χ3n) is 0.667. The number of hydrogen-bond acceptors (Lipinski definition) is 1. The molecule has 0 aliphatic carbocycles. The second-order valence-electron chi connectivity index (χ2n) is 1.77. The standard InChI is InChI=1S/C6H6.C2H5NO.C2H6/c1-2-4-6-5-3-1;1-2(3)4;1-2/h1-6H;1H3,(H2,3,4);1-2H3. The fourth-order valence-corrected chi connectivity index (χ4v) is 0.385. The normalized spacial score (nSPS) is 6.58. The molecule has 0 atom stereocenters. The van der Waals surface area contributed by atoms with Gasteiger partial charge in [-0.05, 0) is 0 Å². The third-order valence-corrected chi connectivity index (χ3v) is 0.667. The average Bonchev–Trinajstić information content (AvgIpc) is 2.10. The van der Waals surface area contributed by atoms with Crippen molar-refractivity contribution in [3.63, 3.8) is 0 Å². The second-order valence-corrected chi connectivity index (χ2v) is 1.77. The minimum absolute atomic E-state index is 0.333. The molecule has 0 heterocycles. The van der Waals surface area contributed by atoms with Crippen molar-refractivity contribution >= 4 is 5.91 Å². The zero-order chi connectivity index (χ0) is 9.82. The molecule has 2 N–H and O–H groups in total. The van der Waals surface area contributed by atoms with E-state index in [9.17, 15) is 4.79 Å². The minimum Gasteiger partial charge on any atom is -0.370 e. The molecule has 1 rings (SSSR count). The van der Waals surface area contributed by atoms with Crippen LogP contribution in [0.15, 0.2) is 36.4 Å². The van der Waals surface area contributed by atoms with Crippen molar-refractivity contribution in [1.82, 2.24) is 0 Å². The molecule has 0 fully saturated rings. The molecule has 0 saturated carbocycles. The van der Waals surface area contributed by atoms with Crippen LogP contribution in [0.1, 0.15) is 20.8 Å². The topological polar surface area (TPSA) is 43.1 Å². The van der Waals surface area contributed by atoms with Crippen molar-refractivity contribution in [3.8, 4) is 0 Å². The van der Waals surface area contributed by atoms with E-state index >= 15 is 0 Å². The van der Waals surface area contributed by atoms with Crippen LogP contribution in [0.4, 0.5) is 0 Å². The molecule has 1 aromatic carbocycles. The maximum absolute atomic E-state index is 9.22. The molecule has 0 aliphatic heterocycles. The third kappa shape index (κ3) is 23.4. The van der Waals surface area contributed by atoms with Crippen molar-refractivity contribution in [2.45, 2.75) is 20.8 Å². The van der Waals surface area contributed by atoms with Crippen LogP contribution in [0.25, 0.3) is 0 Å². The number of carbonyl (C=O) groups is 1. The molecule has 2 heteroatoms.